The quantitative estimate of drug-likeness (QED) is 0.821. The highest BCUT2D eigenvalue weighted by Crippen LogP contribution is 2.29. The van der Waals surface area contributed by atoms with Crippen molar-refractivity contribution in [2.75, 3.05) is 37.9 Å². The monoisotopic (exact) mass is 289 g/mol. The van der Waals surface area contributed by atoms with E-state index in [1.54, 1.807) is 6.20 Å². The summed E-state index contributed by atoms with van der Waals surface area (Å²) in [5, 5.41) is 0. The number of nitrogens with two attached hydrogens (primary N) is 1. The molecular formula is C12H15N7O2. The van der Waals surface area contributed by atoms with Gasteiger partial charge in [0, 0.05) is 25.2 Å². The largest absolute Gasteiger partial charge is 0.467 e. The van der Waals surface area contributed by atoms with Crippen LogP contribution in [0.5, 0.6) is 12.0 Å². The maximum atomic E-state index is 5.59. The standard InChI is InChI=1S/C12H15N7O2/c1-20-11-16-10(17-12(18-11)21-2)19-5-7(6-19)8-3-4-14-9(13)15-8/h3-4,7H,5-6H2,1-2H3,(H2,13,14,15). The summed E-state index contributed by atoms with van der Waals surface area (Å²) in [6, 6.07) is 2.32. The summed E-state index contributed by atoms with van der Waals surface area (Å²) < 4.78 is 10.1. The van der Waals surface area contributed by atoms with Gasteiger partial charge in [-0.15, -0.1) is 4.98 Å². The van der Waals surface area contributed by atoms with Gasteiger partial charge in [-0.3, -0.25) is 0 Å². The first-order chi connectivity index (χ1) is 10.2. The van der Waals surface area contributed by atoms with Crippen LogP contribution >= 0.6 is 0 Å². The molecule has 1 saturated heterocycles. The molecule has 0 radical (unpaired) electrons. The Morgan fingerprint density at radius 3 is 2.33 bits per heavy atom. The van der Waals surface area contributed by atoms with E-state index < -0.39 is 0 Å². The fourth-order valence-electron chi connectivity index (χ4n) is 2.10. The van der Waals surface area contributed by atoms with Crippen LogP contribution in [0.2, 0.25) is 0 Å². The minimum atomic E-state index is 0.228. The fourth-order valence-corrected chi connectivity index (χ4v) is 2.10. The van der Waals surface area contributed by atoms with E-state index in [1.807, 2.05) is 11.0 Å². The zero-order chi connectivity index (χ0) is 14.8. The summed E-state index contributed by atoms with van der Waals surface area (Å²) in [7, 11) is 3.00. The minimum Gasteiger partial charge on any atom is -0.467 e. The van der Waals surface area contributed by atoms with E-state index in [0.717, 1.165) is 18.8 Å². The fraction of sp³-hybridized carbons (Fsp3) is 0.417. The molecule has 0 atom stereocenters. The maximum absolute atomic E-state index is 5.59. The Balaban J connectivity index is 1.74. The first-order valence-corrected chi connectivity index (χ1v) is 6.37. The Kier molecular flexibility index (Phi) is 3.38. The molecule has 1 aliphatic heterocycles. The van der Waals surface area contributed by atoms with Gasteiger partial charge >= 0.3 is 12.0 Å². The van der Waals surface area contributed by atoms with Crippen LogP contribution < -0.4 is 20.1 Å². The zero-order valence-corrected chi connectivity index (χ0v) is 11.7. The van der Waals surface area contributed by atoms with Crippen molar-refractivity contribution in [3.05, 3.63) is 18.0 Å². The third-order valence-electron chi connectivity index (χ3n) is 3.23. The SMILES string of the molecule is COc1nc(OC)nc(N2CC(c3ccnc(N)n3)C2)n1. The Hall–Kier alpha value is -2.71. The van der Waals surface area contributed by atoms with Crippen LogP contribution in [0, 0.1) is 0 Å². The van der Waals surface area contributed by atoms with Gasteiger partial charge in [-0.2, -0.15) is 9.97 Å². The minimum absolute atomic E-state index is 0.228. The Morgan fingerprint density at radius 1 is 1.10 bits per heavy atom. The van der Waals surface area contributed by atoms with Crippen LogP contribution in [-0.2, 0) is 0 Å². The lowest BCUT2D eigenvalue weighted by atomic mass is 9.96. The van der Waals surface area contributed by atoms with E-state index in [9.17, 15) is 0 Å². The molecule has 9 heteroatoms. The molecule has 110 valence electrons. The summed E-state index contributed by atoms with van der Waals surface area (Å²) in [6.45, 7) is 1.49. The number of rotatable bonds is 4. The average Bonchev–Trinajstić information content (AvgIpc) is 2.45. The molecule has 0 amide bonds. The number of ether oxygens (including phenoxy) is 2. The molecule has 0 aromatic carbocycles. The summed E-state index contributed by atoms with van der Waals surface area (Å²) in [5.74, 6) is 1.09. The number of anilines is 2. The van der Waals surface area contributed by atoms with Gasteiger partial charge in [0.1, 0.15) is 0 Å². The average molecular weight is 289 g/mol. The smallest absolute Gasteiger partial charge is 0.324 e. The second-order valence-electron chi connectivity index (χ2n) is 4.55. The number of hydrogen-bond acceptors (Lipinski definition) is 9. The highest BCUT2D eigenvalue weighted by Gasteiger charge is 2.32. The van der Waals surface area contributed by atoms with Crippen LogP contribution in [0.25, 0.3) is 0 Å². The Labute approximate surface area is 121 Å². The molecular weight excluding hydrogens is 274 g/mol. The third-order valence-corrected chi connectivity index (χ3v) is 3.23. The molecule has 1 fully saturated rings. The van der Waals surface area contributed by atoms with Gasteiger partial charge in [-0.25, -0.2) is 9.97 Å². The van der Waals surface area contributed by atoms with E-state index in [4.69, 9.17) is 15.2 Å². The molecule has 0 saturated carbocycles. The molecule has 0 aliphatic carbocycles. The lowest BCUT2D eigenvalue weighted by Gasteiger charge is -2.38. The van der Waals surface area contributed by atoms with E-state index in [0.29, 0.717) is 5.95 Å². The van der Waals surface area contributed by atoms with Gasteiger partial charge in [-0.05, 0) is 6.07 Å². The lowest BCUT2D eigenvalue weighted by Crippen LogP contribution is -2.46. The maximum Gasteiger partial charge on any atom is 0.324 e. The van der Waals surface area contributed by atoms with Crippen molar-refractivity contribution < 1.29 is 9.47 Å². The van der Waals surface area contributed by atoms with Crippen LogP contribution in [-0.4, -0.2) is 52.2 Å². The highest BCUT2D eigenvalue weighted by molar-refractivity contribution is 5.40. The molecule has 9 nitrogen and oxygen atoms in total. The summed E-state index contributed by atoms with van der Waals surface area (Å²) in [4.78, 5) is 22.5. The topological polar surface area (TPSA) is 112 Å². The van der Waals surface area contributed by atoms with Gasteiger partial charge in [0.05, 0.1) is 19.9 Å². The van der Waals surface area contributed by atoms with Gasteiger partial charge in [0.15, 0.2) is 0 Å². The van der Waals surface area contributed by atoms with Crippen molar-refractivity contribution in [2.45, 2.75) is 5.92 Å². The summed E-state index contributed by atoms with van der Waals surface area (Å²) >= 11 is 0. The van der Waals surface area contributed by atoms with Crippen LogP contribution in [0.1, 0.15) is 11.6 Å². The van der Waals surface area contributed by atoms with Gasteiger partial charge in [0.2, 0.25) is 11.9 Å². The van der Waals surface area contributed by atoms with Crippen molar-refractivity contribution >= 4 is 11.9 Å². The van der Waals surface area contributed by atoms with Gasteiger partial charge in [-0.1, -0.05) is 0 Å². The predicted molar refractivity (Wildman–Crippen MR) is 74.3 cm³/mol. The molecule has 0 spiro atoms. The number of hydrogen-bond donors (Lipinski definition) is 1. The summed E-state index contributed by atoms with van der Waals surface area (Å²) in [6.07, 6.45) is 1.66. The van der Waals surface area contributed by atoms with Crippen molar-refractivity contribution in [3.63, 3.8) is 0 Å². The van der Waals surface area contributed by atoms with E-state index in [-0.39, 0.29) is 23.9 Å². The second-order valence-corrected chi connectivity index (χ2v) is 4.55. The Morgan fingerprint density at radius 2 is 1.76 bits per heavy atom. The van der Waals surface area contributed by atoms with E-state index in [2.05, 4.69) is 24.9 Å². The first-order valence-electron chi connectivity index (χ1n) is 6.37. The molecule has 0 bridgehead atoms. The zero-order valence-electron chi connectivity index (χ0n) is 11.7. The van der Waals surface area contributed by atoms with Crippen molar-refractivity contribution in [1.82, 2.24) is 24.9 Å². The summed E-state index contributed by atoms with van der Waals surface area (Å²) in [5.41, 5.74) is 6.52. The van der Waals surface area contributed by atoms with Crippen molar-refractivity contribution in [2.24, 2.45) is 0 Å². The molecule has 3 rings (SSSR count). The Bertz CT molecular complexity index is 623. The number of nitrogens with zero attached hydrogens (tertiary/aromatic N) is 6. The second kappa shape index (κ2) is 5.35. The third kappa shape index (κ3) is 2.62. The predicted octanol–water partition coefficient (Wildman–Crippen LogP) is -0.135. The highest BCUT2D eigenvalue weighted by atomic mass is 16.5. The van der Waals surface area contributed by atoms with Crippen LogP contribution in [0.4, 0.5) is 11.9 Å². The molecule has 2 aromatic rings. The van der Waals surface area contributed by atoms with Crippen LogP contribution in [0.15, 0.2) is 12.3 Å². The molecule has 0 unspecified atom stereocenters. The normalized spacial score (nSPS) is 14.7. The van der Waals surface area contributed by atoms with Crippen LogP contribution in [0.3, 0.4) is 0 Å². The number of aromatic nitrogens is 5. The van der Waals surface area contributed by atoms with Gasteiger partial charge < -0.3 is 20.1 Å². The number of nitrogen functional groups attached to an aromatic ring is 1. The van der Waals surface area contributed by atoms with E-state index in [1.165, 1.54) is 14.2 Å². The number of methoxy groups -OCH3 is 2. The molecule has 1 aliphatic rings. The molecule has 2 aromatic heterocycles. The molecule has 2 N–H and O–H groups in total. The first kappa shape index (κ1) is 13.3. The lowest BCUT2D eigenvalue weighted by molar-refractivity contribution is 0.337. The van der Waals surface area contributed by atoms with Crippen molar-refractivity contribution in [3.8, 4) is 12.0 Å². The molecule has 21 heavy (non-hydrogen) atoms. The molecule has 3 heterocycles. The van der Waals surface area contributed by atoms with E-state index >= 15 is 0 Å². The van der Waals surface area contributed by atoms with Crippen molar-refractivity contribution in [1.29, 1.82) is 0 Å². The van der Waals surface area contributed by atoms with Gasteiger partial charge in [0.25, 0.3) is 0 Å².